The van der Waals surface area contributed by atoms with Gasteiger partial charge in [0.25, 0.3) is 5.56 Å². The fourth-order valence-corrected chi connectivity index (χ4v) is 2.59. The summed E-state index contributed by atoms with van der Waals surface area (Å²) in [7, 11) is 0. The van der Waals surface area contributed by atoms with Crippen molar-refractivity contribution >= 4 is 11.8 Å². The van der Waals surface area contributed by atoms with Gasteiger partial charge in [0, 0.05) is 38.3 Å². The van der Waals surface area contributed by atoms with Crippen molar-refractivity contribution in [2.45, 2.75) is 38.5 Å². The number of halogens is 3. The van der Waals surface area contributed by atoms with Crippen molar-refractivity contribution in [2.24, 2.45) is 0 Å². The summed E-state index contributed by atoms with van der Waals surface area (Å²) in [5, 5.41) is 2.69. The monoisotopic (exact) mass is 345 g/mol. The average molecular weight is 345 g/mol. The summed E-state index contributed by atoms with van der Waals surface area (Å²) < 4.78 is 38.7. The predicted octanol–water partition coefficient (Wildman–Crippen LogP) is 0.994. The maximum Gasteiger partial charge on any atom is 0.417 e. The first-order valence-corrected chi connectivity index (χ1v) is 7.49. The molecule has 2 rings (SSSR count). The van der Waals surface area contributed by atoms with Crippen LogP contribution >= 0.6 is 0 Å². The second-order valence-electron chi connectivity index (χ2n) is 5.73. The van der Waals surface area contributed by atoms with E-state index in [1.165, 1.54) is 6.92 Å². The van der Waals surface area contributed by atoms with E-state index in [1.54, 1.807) is 4.90 Å². The second kappa shape index (κ2) is 7.06. The molecule has 0 atom stereocenters. The fraction of sp³-hybridized carbons (Fsp3) is 0.533. The summed E-state index contributed by atoms with van der Waals surface area (Å²) in [4.78, 5) is 36.5. The van der Waals surface area contributed by atoms with Gasteiger partial charge in [0.1, 0.15) is 6.54 Å². The molecule has 24 heavy (non-hydrogen) atoms. The lowest BCUT2D eigenvalue weighted by Crippen LogP contribution is -2.47. The van der Waals surface area contributed by atoms with Crippen molar-refractivity contribution in [3.8, 4) is 0 Å². The van der Waals surface area contributed by atoms with Crippen LogP contribution < -0.4 is 10.9 Å². The van der Waals surface area contributed by atoms with E-state index >= 15 is 0 Å². The Balaban J connectivity index is 1.96. The van der Waals surface area contributed by atoms with Gasteiger partial charge in [-0.25, -0.2) is 0 Å². The number of piperidine rings is 1. The molecule has 9 heteroatoms. The number of nitrogens with zero attached hydrogens (tertiary/aromatic N) is 2. The Morgan fingerprint density at radius 1 is 1.25 bits per heavy atom. The van der Waals surface area contributed by atoms with E-state index in [1.807, 2.05) is 0 Å². The first-order valence-electron chi connectivity index (χ1n) is 7.49. The van der Waals surface area contributed by atoms with Crippen molar-refractivity contribution in [3.63, 3.8) is 0 Å². The molecule has 1 aliphatic rings. The summed E-state index contributed by atoms with van der Waals surface area (Å²) in [6.45, 7) is 2.03. The summed E-state index contributed by atoms with van der Waals surface area (Å²) in [5.74, 6) is -0.562. The molecule has 1 saturated heterocycles. The van der Waals surface area contributed by atoms with E-state index in [0.717, 1.165) is 10.6 Å². The minimum Gasteiger partial charge on any atom is -0.352 e. The molecule has 1 N–H and O–H groups in total. The van der Waals surface area contributed by atoms with Crippen molar-refractivity contribution in [1.82, 2.24) is 14.8 Å². The zero-order chi connectivity index (χ0) is 17.9. The van der Waals surface area contributed by atoms with Crippen molar-refractivity contribution in [1.29, 1.82) is 0 Å². The first kappa shape index (κ1) is 18.0. The summed E-state index contributed by atoms with van der Waals surface area (Å²) in [5.41, 5.74) is -1.66. The van der Waals surface area contributed by atoms with Gasteiger partial charge in [0.2, 0.25) is 11.8 Å². The molecule has 2 amide bonds. The van der Waals surface area contributed by atoms with Crippen LogP contribution in [-0.2, 0) is 22.3 Å². The van der Waals surface area contributed by atoms with Gasteiger partial charge in [-0.15, -0.1) is 0 Å². The van der Waals surface area contributed by atoms with Gasteiger partial charge in [-0.2, -0.15) is 13.2 Å². The lowest BCUT2D eigenvalue weighted by atomic mass is 10.1. The number of amides is 2. The highest BCUT2D eigenvalue weighted by Gasteiger charge is 2.31. The molecule has 2 heterocycles. The average Bonchev–Trinajstić information content (AvgIpc) is 2.48. The Labute approximate surface area is 136 Å². The predicted molar refractivity (Wildman–Crippen MR) is 79.1 cm³/mol. The van der Waals surface area contributed by atoms with Crippen molar-refractivity contribution < 1.29 is 22.8 Å². The minimum absolute atomic E-state index is 0.0321. The van der Waals surface area contributed by atoms with Crippen LogP contribution in [0.2, 0.25) is 0 Å². The quantitative estimate of drug-likeness (QED) is 0.888. The zero-order valence-corrected chi connectivity index (χ0v) is 13.1. The molecule has 6 nitrogen and oxygen atoms in total. The van der Waals surface area contributed by atoms with Crippen molar-refractivity contribution in [3.05, 3.63) is 34.2 Å². The third kappa shape index (κ3) is 4.59. The highest BCUT2D eigenvalue weighted by molar-refractivity contribution is 5.76. The van der Waals surface area contributed by atoms with Crippen LogP contribution in [0, 0.1) is 0 Å². The van der Waals surface area contributed by atoms with Crippen LogP contribution in [0.1, 0.15) is 25.3 Å². The number of carbonyl (C=O) groups excluding carboxylic acids is 2. The Hall–Kier alpha value is -2.32. The van der Waals surface area contributed by atoms with Crippen LogP contribution in [0.4, 0.5) is 13.2 Å². The van der Waals surface area contributed by atoms with Crippen molar-refractivity contribution in [2.75, 3.05) is 13.1 Å². The molecule has 0 bridgehead atoms. The summed E-state index contributed by atoms with van der Waals surface area (Å²) >= 11 is 0. The molecule has 1 aromatic heterocycles. The molecule has 0 radical (unpaired) electrons. The van der Waals surface area contributed by atoms with Crippen LogP contribution in [-0.4, -0.2) is 40.4 Å². The van der Waals surface area contributed by atoms with E-state index < -0.39 is 29.8 Å². The van der Waals surface area contributed by atoms with Gasteiger partial charge in [-0.1, -0.05) is 0 Å². The van der Waals surface area contributed by atoms with E-state index in [-0.39, 0.29) is 11.9 Å². The number of hydrogen-bond donors (Lipinski definition) is 1. The molecule has 0 unspecified atom stereocenters. The Bertz CT molecular complexity index is 677. The maximum absolute atomic E-state index is 12.7. The number of hydrogen-bond acceptors (Lipinski definition) is 3. The van der Waals surface area contributed by atoms with Crippen LogP contribution in [0.5, 0.6) is 0 Å². The smallest absolute Gasteiger partial charge is 0.352 e. The number of pyridine rings is 1. The third-order valence-corrected chi connectivity index (χ3v) is 3.93. The largest absolute Gasteiger partial charge is 0.417 e. The van der Waals surface area contributed by atoms with E-state index in [4.69, 9.17) is 0 Å². The van der Waals surface area contributed by atoms with Gasteiger partial charge < -0.3 is 14.8 Å². The molecule has 0 aliphatic carbocycles. The standard InChI is InChI=1S/C15H18F3N3O3/c1-10(22)20-6-4-12(5-7-20)19-13(23)9-21-8-11(15(16,17)18)2-3-14(21)24/h2-3,8,12H,4-7,9H2,1H3,(H,19,23). The van der Waals surface area contributed by atoms with E-state index in [0.29, 0.717) is 38.2 Å². The van der Waals surface area contributed by atoms with Gasteiger partial charge >= 0.3 is 6.18 Å². The number of alkyl halides is 3. The van der Waals surface area contributed by atoms with E-state index in [2.05, 4.69) is 5.32 Å². The molecule has 0 aromatic carbocycles. The summed E-state index contributed by atoms with van der Waals surface area (Å²) in [6.07, 6.45) is -2.79. The number of carbonyl (C=O) groups is 2. The molecule has 132 valence electrons. The number of aromatic nitrogens is 1. The highest BCUT2D eigenvalue weighted by Crippen LogP contribution is 2.27. The molecule has 1 aromatic rings. The topological polar surface area (TPSA) is 71.4 Å². The molecule has 0 saturated carbocycles. The summed E-state index contributed by atoms with van der Waals surface area (Å²) in [6, 6.07) is 1.32. The molecule has 0 spiro atoms. The maximum atomic E-state index is 12.7. The molecular formula is C15H18F3N3O3. The lowest BCUT2D eigenvalue weighted by Gasteiger charge is -2.31. The van der Waals surface area contributed by atoms with Gasteiger partial charge in [0.15, 0.2) is 0 Å². The molecule has 1 aliphatic heterocycles. The fourth-order valence-electron chi connectivity index (χ4n) is 2.59. The number of likely N-dealkylation sites (tertiary alicyclic amines) is 1. The third-order valence-electron chi connectivity index (χ3n) is 3.93. The minimum atomic E-state index is -4.58. The Kier molecular flexibility index (Phi) is 5.30. The van der Waals surface area contributed by atoms with Gasteiger partial charge in [-0.05, 0) is 18.9 Å². The molecular weight excluding hydrogens is 327 g/mol. The SMILES string of the molecule is CC(=O)N1CCC(NC(=O)Cn2cc(C(F)(F)F)ccc2=O)CC1. The lowest BCUT2D eigenvalue weighted by molar-refractivity contribution is -0.138. The van der Waals surface area contributed by atoms with Gasteiger partial charge in [-0.3, -0.25) is 14.4 Å². The zero-order valence-electron chi connectivity index (χ0n) is 13.1. The number of nitrogens with one attached hydrogen (secondary N) is 1. The van der Waals surface area contributed by atoms with Crippen LogP contribution in [0.25, 0.3) is 0 Å². The van der Waals surface area contributed by atoms with Crippen LogP contribution in [0.15, 0.2) is 23.1 Å². The molecule has 1 fully saturated rings. The normalized spacial score (nSPS) is 16.1. The van der Waals surface area contributed by atoms with E-state index in [9.17, 15) is 27.6 Å². The van der Waals surface area contributed by atoms with Crippen LogP contribution in [0.3, 0.4) is 0 Å². The second-order valence-corrected chi connectivity index (χ2v) is 5.73. The van der Waals surface area contributed by atoms with Gasteiger partial charge in [0.05, 0.1) is 5.56 Å². The number of rotatable bonds is 3. The first-order chi connectivity index (χ1) is 11.2. The Morgan fingerprint density at radius 2 is 1.88 bits per heavy atom. The highest BCUT2D eigenvalue weighted by atomic mass is 19.4. The Morgan fingerprint density at radius 3 is 2.42 bits per heavy atom.